The van der Waals surface area contributed by atoms with E-state index in [0.29, 0.717) is 13.1 Å². The van der Waals surface area contributed by atoms with Crippen molar-refractivity contribution in [3.63, 3.8) is 0 Å². The molecule has 2 aliphatic heterocycles. The molecule has 0 radical (unpaired) electrons. The molecule has 0 unspecified atom stereocenters. The third kappa shape index (κ3) is 3.37. The summed E-state index contributed by atoms with van der Waals surface area (Å²) in [5, 5.41) is 11.1. The van der Waals surface area contributed by atoms with Gasteiger partial charge in [-0.15, -0.1) is 21.5 Å². The SMILES string of the molecule is COC(=O)N1Cc2nnc(-c3cccnc3)n2C2(CCN(Cc3cccs3)CC2)C1. The number of hydrogen-bond acceptors (Lipinski definition) is 7. The summed E-state index contributed by atoms with van der Waals surface area (Å²) in [4.78, 5) is 22.3. The molecule has 2 aliphatic rings. The van der Waals surface area contributed by atoms with Crippen LogP contribution in [0.1, 0.15) is 23.5 Å². The number of pyridine rings is 1. The number of amides is 1. The number of methoxy groups -OCH3 is 1. The zero-order chi connectivity index (χ0) is 20.6. The van der Waals surface area contributed by atoms with Crippen molar-refractivity contribution >= 4 is 17.4 Å². The lowest BCUT2D eigenvalue weighted by Gasteiger charge is -2.48. The molecule has 5 heterocycles. The minimum atomic E-state index is -0.312. The molecule has 0 aromatic carbocycles. The lowest BCUT2D eigenvalue weighted by molar-refractivity contribution is 0.0344. The predicted molar refractivity (Wildman–Crippen MR) is 113 cm³/mol. The van der Waals surface area contributed by atoms with Crippen molar-refractivity contribution in [1.82, 2.24) is 29.5 Å². The first-order valence-electron chi connectivity index (χ1n) is 10.1. The Balaban J connectivity index is 1.48. The van der Waals surface area contributed by atoms with Gasteiger partial charge in [0, 0.05) is 49.0 Å². The monoisotopic (exact) mass is 424 g/mol. The zero-order valence-corrected chi connectivity index (χ0v) is 17.7. The zero-order valence-electron chi connectivity index (χ0n) is 16.9. The molecule has 1 spiro atoms. The number of thiophene rings is 1. The molecule has 156 valence electrons. The first-order valence-corrected chi connectivity index (χ1v) is 11.0. The van der Waals surface area contributed by atoms with Crippen LogP contribution < -0.4 is 0 Å². The van der Waals surface area contributed by atoms with E-state index >= 15 is 0 Å². The van der Waals surface area contributed by atoms with Crippen LogP contribution in [-0.4, -0.2) is 62.4 Å². The van der Waals surface area contributed by atoms with E-state index in [1.54, 1.807) is 22.4 Å². The first kappa shape index (κ1) is 19.2. The lowest BCUT2D eigenvalue weighted by Crippen LogP contribution is -2.56. The fraction of sp³-hybridized carbons (Fsp3) is 0.429. The number of likely N-dealkylation sites (tertiary alicyclic amines) is 1. The van der Waals surface area contributed by atoms with Crippen molar-refractivity contribution < 1.29 is 9.53 Å². The molecule has 1 fully saturated rings. The van der Waals surface area contributed by atoms with Gasteiger partial charge in [0.25, 0.3) is 0 Å². The Labute approximate surface area is 179 Å². The number of piperidine rings is 1. The second kappa shape index (κ2) is 7.81. The summed E-state index contributed by atoms with van der Waals surface area (Å²) in [6.07, 6.45) is 5.11. The molecule has 5 rings (SSSR count). The van der Waals surface area contributed by atoms with Crippen LogP contribution in [0.15, 0.2) is 42.0 Å². The summed E-state index contributed by atoms with van der Waals surface area (Å²) in [5.41, 5.74) is 0.700. The highest BCUT2D eigenvalue weighted by Crippen LogP contribution is 2.39. The highest BCUT2D eigenvalue weighted by Gasteiger charge is 2.45. The highest BCUT2D eigenvalue weighted by atomic mass is 32.1. The number of carbonyl (C=O) groups excluding carboxylic acids is 1. The van der Waals surface area contributed by atoms with Crippen molar-refractivity contribution in [3.05, 3.63) is 52.7 Å². The van der Waals surface area contributed by atoms with E-state index < -0.39 is 0 Å². The van der Waals surface area contributed by atoms with Crippen LogP contribution in [0.4, 0.5) is 4.79 Å². The van der Waals surface area contributed by atoms with Gasteiger partial charge >= 0.3 is 6.09 Å². The van der Waals surface area contributed by atoms with Gasteiger partial charge in [0.05, 0.1) is 19.2 Å². The fourth-order valence-corrected chi connectivity index (χ4v) is 5.39. The average molecular weight is 425 g/mol. The highest BCUT2D eigenvalue weighted by molar-refractivity contribution is 7.09. The molecule has 0 aliphatic carbocycles. The van der Waals surface area contributed by atoms with E-state index in [-0.39, 0.29) is 11.6 Å². The molecule has 3 aromatic heterocycles. The summed E-state index contributed by atoms with van der Waals surface area (Å²) in [6, 6.07) is 8.21. The number of nitrogens with zero attached hydrogens (tertiary/aromatic N) is 6. The summed E-state index contributed by atoms with van der Waals surface area (Å²) in [7, 11) is 1.43. The van der Waals surface area contributed by atoms with E-state index in [2.05, 4.69) is 42.2 Å². The van der Waals surface area contributed by atoms with Crippen molar-refractivity contribution in [3.8, 4) is 11.4 Å². The van der Waals surface area contributed by atoms with Crippen LogP contribution in [0.3, 0.4) is 0 Å². The van der Waals surface area contributed by atoms with E-state index in [4.69, 9.17) is 4.74 Å². The van der Waals surface area contributed by atoms with Gasteiger partial charge in [-0.25, -0.2) is 4.79 Å². The molecule has 1 amide bonds. The van der Waals surface area contributed by atoms with Gasteiger partial charge in [-0.1, -0.05) is 6.07 Å². The standard InChI is InChI=1S/C21H24N6O2S/c1-29-20(28)26-14-18-23-24-19(16-4-2-8-22-12-16)27(18)21(15-26)6-9-25(10-7-21)13-17-5-3-11-30-17/h2-5,8,11-12H,6-7,9-10,13-15H2,1H3. The Hall–Kier alpha value is -2.78. The predicted octanol–water partition coefficient (Wildman–Crippen LogP) is 2.97. The van der Waals surface area contributed by atoms with Crippen molar-refractivity contribution in [2.75, 3.05) is 26.7 Å². The molecule has 0 saturated carbocycles. The second-order valence-corrected chi connectivity index (χ2v) is 8.96. The molecule has 1 saturated heterocycles. The van der Waals surface area contributed by atoms with Crippen LogP contribution in [0, 0.1) is 0 Å². The Morgan fingerprint density at radius 1 is 1.23 bits per heavy atom. The smallest absolute Gasteiger partial charge is 0.409 e. The van der Waals surface area contributed by atoms with Crippen molar-refractivity contribution in [1.29, 1.82) is 0 Å². The summed E-state index contributed by atoms with van der Waals surface area (Å²) in [5.74, 6) is 1.63. The maximum atomic E-state index is 12.4. The quantitative estimate of drug-likeness (QED) is 0.643. The van der Waals surface area contributed by atoms with Crippen LogP contribution >= 0.6 is 11.3 Å². The minimum absolute atomic E-state index is 0.248. The Morgan fingerprint density at radius 3 is 2.80 bits per heavy atom. The Morgan fingerprint density at radius 2 is 2.10 bits per heavy atom. The Bertz CT molecular complexity index is 1010. The number of rotatable bonds is 3. The van der Waals surface area contributed by atoms with E-state index in [9.17, 15) is 4.79 Å². The Kier molecular flexibility index (Phi) is 5.00. The molecular formula is C21H24N6O2S. The maximum Gasteiger partial charge on any atom is 0.409 e. The molecule has 3 aromatic rings. The van der Waals surface area contributed by atoms with Crippen LogP contribution in [-0.2, 0) is 23.4 Å². The van der Waals surface area contributed by atoms with Crippen LogP contribution in [0.25, 0.3) is 11.4 Å². The fourth-order valence-electron chi connectivity index (χ4n) is 4.64. The van der Waals surface area contributed by atoms with Crippen molar-refractivity contribution in [2.24, 2.45) is 0 Å². The molecule has 0 atom stereocenters. The van der Waals surface area contributed by atoms with Crippen LogP contribution in [0.5, 0.6) is 0 Å². The molecular weight excluding hydrogens is 400 g/mol. The third-order valence-electron chi connectivity index (χ3n) is 6.12. The maximum absolute atomic E-state index is 12.4. The lowest BCUT2D eigenvalue weighted by atomic mass is 9.84. The van der Waals surface area contributed by atoms with Gasteiger partial charge < -0.3 is 9.30 Å². The van der Waals surface area contributed by atoms with E-state index in [1.165, 1.54) is 12.0 Å². The first-order chi connectivity index (χ1) is 14.7. The average Bonchev–Trinajstić information content (AvgIpc) is 3.46. The van der Waals surface area contributed by atoms with Gasteiger partial charge in [0.15, 0.2) is 11.6 Å². The van der Waals surface area contributed by atoms with E-state index in [1.807, 2.05) is 18.3 Å². The minimum Gasteiger partial charge on any atom is -0.453 e. The topological polar surface area (TPSA) is 76.4 Å². The number of aromatic nitrogens is 4. The summed E-state index contributed by atoms with van der Waals surface area (Å²) < 4.78 is 7.30. The third-order valence-corrected chi connectivity index (χ3v) is 6.98. The van der Waals surface area contributed by atoms with Crippen LogP contribution in [0.2, 0.25) is 0 Å². The van der Waals surface area contributed by atoms with E-state index in [0.717, 1.165) is 49.7 Å². The number of ether oxygens (including phenoxy) is 1. The molecule has 0 N–H and O–H groups in total. The molecule has 8 nitrogen and oxygen atoms in total. The van der Waals surface area contributed by atoms with Crippen molar-refractivity contribution in [2.45, 2.75) is 31.5 Å². The molecule has 0 bridgehead atoms. The second-order valence-electron chi connectivity index (χ2n) is 7.92. The van der Waals surface area contributed by atoms with Gasteiger partial charge in [-0.05, 0) is 36.4 Å². The largest absolute Gasteiger partial charge is 0.453 e. The van der Waals surface area contributed by atoms with Gasteiger partial charge in [-0.3, -0.25) is 14.8 Å². The summed E-state index contributed by atoms with van der Waals surface area (Å²) in [6.45, 7) is 3.89. The molecule has 9 heteroatoms. The number of carbonyl (C=O) groups is 1. The van der Waals surface area contributed by atoms with Gasteiger partial charge in [0.1, 0.15) is 0 Å². The summed E-state index contributed by atoms with van der Waals surface area (Å²) >= 11 is 1.80. The number of fused-ring (bicyclic) bond motifs is 2. The molecule has 30 heavy (non-hydrogen) atoms. The van der Waals surface area contributed by atoms with Gasteiger partial charge in [-0.2, -0.15) is 0 Å². The normalized spacial score (nSPS) is 18.4. The number of hydrogen-bond donors (Lipinski definition) is 0. The van der Waals surface area contributed by atoms with Gasteiger partial charge in [0.2, 0.25) is 0 Å².